The Bertz CT molecular complexity index is 1070. The van der Waals surface area contributed by atoms with Crippen LogP contribution in [0.4, 0.5) is 11.4 Å². The van der Waals surface area contributed by atoms with E-state index in [-0.39, 0.29) is 48.4 Å². The van der Waals surface area contributed by atoms with Gasteiger partial charge in [0.05, 0.1) is 24.4 Å². The molecule has 0 radical (unpaired) electrons. The van der Waals surface area contributed by atoms with Gasteiger partial charge in [-0.25, -0.2) is 4.98 Å². The van der Waals surface area contributed by atoms with Crippen molar-refractivity contribution in [3.05, 3.63) is 35.4 Å². The molecule has 178 valence electrons. The summed E-state index contributed by atoms with van der Waals surface area (Å²) < 4.78 is 14.4. The molecule has 0 unspecified atom stereocenters. The normalized spacial score (nSPS) is 26.0. The maximum absolute atomic E-state index is 5.95. The fourth-order valence-electron chi connectivity index (χ4n) is 5.27. The Hall–Kier alpha value is -1.29. The van der Waals surface area contributed by atoms with Crippen LogP contribution in [0.2, 0.25) is 0 Å². The van der Waals surface area contributed by atoms with Gasteiger partial charge in [0, 0.05) is 49.7 Å². The summed E-state index contributed by atoms with van der Waals surface area (Å²) in [5, 5.41) is 0. The zero-order valence-corrected chi connectivity index (χ0v) is 23.4. The predicted molar refractivity (Wildman–Crippen MR) is 135 cm³/mol. The number of anilines is 2. The first-order valence-electron chi connectivity index (χ1n) is 11.8. The van der Waals surface area contributed by atoms with E-state index in [0.717, 1.165) is 37.2 Å². The molecule has 5 nitrogen and oxygen atoms in total. The summed E-state index contributed by atoms with van der Waals surface area (Å²) in [6.45, 7) is 16.7. The molecule has 2 aliphatic rings. The molecule has 7 heteroatoms. The fourth-order valence-corrected chi connectivity index (χ4v) is 6.48. The van der Waals surface area contributed by atoms with E-state index >= 15 is 0 Å². The topological polar surface area (TPSA) is 37.8 Å². The van der Waals surface area contributed by atoms with Gasteiger partial charge >= 0.3 is 0 Å². The molecule has 2 fully saturated rings. The highest BCUT2D eigenvalue weighted by Gasteiger charge is 2.27. The molecule has 0 amide bonds. The lowest BCUT2D eigenvalue weighted by Crippen LogP contribution is -3.00. The molecular weight excluding hydrogens is 545 g/mol. The van der Waals surface area contributed by atoms with Crippen LogP contribution < -0.4 is 33.8 Å². The van der Waals surface area contributed by atoms with Gasteiger partial charge < -0.3 is 43.3 Å². The molecule has 2 saturated heterocycles. The lowest BCUT2D eigenvalue weighted by molar-refractivity contribution is -0.00547. The quantitative estimate of drug-likeness (QED) is 0.265. The Morgan fingerprint density at radius 2 is 1.06 bits per heavy atom. The van der Waals surface area contributed by atoms with Crippen molar-refractivity contribution in [2.75, 3.05) is 36.0 Å². The minimum Gasteiger partial charge on any atom is -1.00 e. The van der Waals surface area contributed by atoms with Gasteiger partial charge in [-0.3, -0.25) is 0 Å². The largest absolute Gasteiger partial charge is 1.00 e. The lowest BCUT2D eigenvalue weighted by Gasteiger charge is -2.37. The third kappa shape index (κ3) is 5.06. The number of ether oxygens (including phenoxy) is 2. The van der Waals surface area contributed by atoms with Gasteiger partial charge in [0.2, 0.25) is 11.3 Å². The third-order valence-corrected chi connectivity index (χ3v) is 7.58. The summed E-state index contributed by atoms with van der Waals surface area (Å²) in [6.07, 6.45) is 0.988. The molecular formula is C26H34IN3O2S. The van der Waals surface area contributed by atoms with Gasteiger partial charge in [0.1, 0.15) is 11.0 Å². The van der Waals surface area contributed by atoms with E-state index in [4.69, 9.17) is 14.5 Å². The number of aromatic nitrogens is 1. The summed E-state index contributed by atoms with van der Waals surface area (Å²) in [5.74, 6) is 0. The Balaban J connectivity index is 0.00000259. The van der Waals surface area contributed by atoms with E-state index in [1.807, 2.05) is 11.3 Å². The number of hydrogen-bond acceptors (Lipinski definition) is 5. The first-order valence-corrected chi connectivity index (χ1v) is 12.6. The number of morpholine rings is 2. The molecule has 0 aliphatic carbocycles. The highest BCUT2D eigenvalue weighted by Crippen LogP contribution is 2.36. The van der Waals surface area contributed by atoms with Crippen LogP contribution in [0.1, 0.15) is 38.8 Å². The number of rotatable bonds is 2. The van der Waals surface area contributed by atoms with Crippen LogP contribution in [0.5, 0.6) is 0 Å². The molecule has 0 N–H and O–H groups in total. The number of nitrogens with zero attached hydrogens (tertiary/aromatic N) is 3. The third-order valence-electron chi connectivity index (χ3n) is 6.51. The molecule has 2 aliphatic heterocycles. The Morgan fingerprint density at radius 3 is 1.42 bits per heavy atom. The second-order valence-electron chi connectivity index (χ2n) is 9.76. The van der Waals surface area contributed by atoms with Crippen molar-refractivity contribution in [1.82, 2.24) is 4.98 Å². The van der Waals surface area contributed by atoms with Crippen molar-refractivity contribution < 1.29 is 33.5 Å². The van der Waals surface area contributed by atoms with Crippen molar-refractivity contribution in [2.45, 2.75) is 66.0 Å². The van der Waals surface area contributed by atoms with Crippen molar-refractivity contribution in [3.8, 4) is 0 Å². The van der Waals surface area contributed by atoms with E-state index in [1.54, 1.807) is 0 Å². The van der Waals surface area contributed by atoms with Gasteiger partial charge in [-0.2, -0.15) is 0 Å². The van der Waals surface area contributed by atoms with E-state index < -0.39 is 0 Å². The Kier molecular flexibility index (Phi) is 7.34. The van der Waals surface area contributed by atoms with Crippen molar-refractivity contribution in [2.24, 2.45) is 0 Å². The molecule has 0 spiro atoms. The van der Waals surface area contributed by atoms with Crippen LogP contribution in [-0.2, 0) is 9.47 Å². The number of hydrogen-bond donors (Lipinski definition) is 0. The SMILES string of the molecule is Cc1cc(N2C[C@@H](C)O[C@@H](C)C2)cc2[s+]c3cc(N4C[C@@H](C)O[C@@H](C)C4)cc(C)c3nc12.[I-]. The van der Waals surface area contributed by atoms with E-state index in [1.165, 1.54) is 31.9 Å². The fraction of sp³-hybridized carbons (Fsp3) is 0.538. The molecule has 3 aromatic rings. The molecule has 4 atom stereocenters. The number of halogens is 1. The standard InChI is InChI=1S/C26H34N3O2S.HI/c1-15-7-21(28-11-17(3)30-18(4)12-28)9-23-25(15)27-26-16(2)8-22(10-24(26)32-23)29-13-19(5)31-20(6)14-29;/h7-10,17-20H,11-14H2,1-6H3;1H/q+1;/p-1/t17-,18+,19-,20+;. The summed E-state index contributed by atoms with van der Waals surface area (Å²) in [4.78, 5) is 10.1. The van der Waals surface area contributed by atoms with Gasteiger partial charge in [0.25, 0.3) is 9.40 Å². The van der Waals surface area contributed by atoms with Crippen LogP contribution in [0.15, 0.2) is 24.3 Å². The second kappa shape index (κ2) is 9.76. The highest BCUT2D eigenvalue weighted by atomic mass is 127. The van der Waals surface area contributed by atoms with Crippen molar-refractivity contribution in [3.63, 3.8) is 0 Å². The first-order chi connectivity index (χ1) is 15.3. The maximum atomic E-state index is 5.95. The minimum atomic E-state index is 0. The van der Waals surface area contributed by atoms with Gasteiger partial charge in [-0.05, 0) is 64.8 Å². The van der Waals surface area contributed by atoms with Gasteiger partial charge in [-0.15, -0.1) is 0 Å². The van der Waals surface area contributed by atoms with E-state index in [0.29, 0.717) is 0 Å². The first kappa shape index (κ1) is 24.8. The zero-order valence-electron chi connectivity index (χ0n) is 20.4. The summed E-state index contributed by atoms with van der Waals surface area (Å²) in [5.41, 5.74) is 7.26. The summed E-state index contributed by atoms with van der Waals surface area (Å²) in [6, 6.07) is 9.23. The van der Waals surface area contributed by atoms with Crippen LogP contribution >= 0.6 is 11.3 Å². The Labute approximate surface area is 218 Å². The number of fused-ring (bicyclic) bond motifs is 2. The van der Waals surface area contributed by atoms with Gasteiger partial charge in [-0.1, -0.05) is 0 Å². The minimum absolute atomic E-state index is 0. The van der Waals surface area contributed by atoms with E-state index in [9.17, 15) is 0 Å². The molecule has 1 aromatic heterocycles. The molecule has 3 heterocycles. The van der Waals surface area contributed by atoms with E-state index in [2.05, 4.69) is 75.6 Å². The molecule has 0 saturated carbocycles. The zero-order chi connectivity index (χ0) is 22.6. The monoisotopic (exact) mass is 579 g/mol. The van der Waals surface area contributed by atoms with Crippen molar-refractivity contribution >= 4 is 43.1 Å². The predicted octanol–water partition coefficient (Wildman–Crippen LogP) is 2.58. The average molecular weight is 580 g/mol. The molecule has 2 aromatic carbocycles. The van der Waals surface area contributed by atoms with Crippen LogP contribution in [0, 0.1) is 13.8 Å². The maximum Gasteiger partial charge on any atom is 0.259 e. The van der Waals surface area contributed by atoms with Crippen LogP contribution in [0.25, 0.3) is 20.4 Å². The number of aryl methyl sites for hydroxylation is 2. The highest BCUT2D eigenvalue weighted by molar-refractivity contribution is 7.24. The lowest BCUT2D eigenvalue weighted by atomic mass is 10.1. The van der Waals surface area contributed by atoms with Crippen LogP contribution in [-0.4, -0.2) is 55.6 Å². The Morgan fingerprint density at radius 1 is 0.697 bits per heavy atom. The number of benzene rings is 2. The second-order valence-corrected chi connectivity index (χ2v) is 10.8. The molecule has 5 rings (SSSR count). The van der Waals surface area contributed by atoms with Crippen molar-refractivity contribution in [1.29, 1.82) is 0 Å². The van der Waals surface area contributed by atoms with Gasteiger partial charge in [0.15, 0.2) is 0 Å². The molecule has 0 bridgehead atoms. The average Bonchev–Trinajstić information content (AvgIpc) is 2.71. The van der Waals surface area contributed by atoms with Crippen LogP contribution in [0.3, 0.4) is 0 Å². The summed E-state index contributed by atoms with van der Waals surface area (Å²) >= 11 is 1.86. The smallest absolute Gasteiger partial charge is 0.259 e. The summed E-state index contributed by atoms with van der Waals surface area (Å²) in [7, 11) is 0. The molecule has 33 heavy (non-hydrogen) atoms.